The maximum atomic E-state index is 5.93. The first-order valence-corrected chi connectivity index (χ1v) is 6.65. The fourth-order valence-corrected chi connectivity index (χ4v) is 2.56. The Hall–Kier alpha value is -2.47. The van der Waals surface area contributed by atoms with Crippen LogP contribution in [0, 0.1) is 19.3 Å². The second-order valence-electron chi connectivity index (χ2n) is 5.14. The van der Waals surface area contributed by atoms with Crippen molar-refractivity contribution >= 4 is 21.8 Å². The third-order valence-corrected chi connectivity index (χ3v) is 3.37. The number of aromatic nitrogens is 2. The summed E-state index contributed by atoms with van der Waals surface area (Å²) in [6, 6.07) is 6.02. The molecule has 0 fully saturated rings. The number of hydrogen-bond donors (Lipinski definition) is 1. The molecule has 0 aliphatic carbocycles. The van der Waals surface area contributed by atoms with Gasteiger partial charge in [-0.2, -0.15) is 0 Å². The van der Waals surface area contributed by atoms with E-state index in [-0.39, 0.29) is 6.10 Å². The Labute approximate surface area is 118 Å². The summed E-state index contributed by atoms with van der Waals surface area (Å²) in [5.74, 6) is 3.51. The van der Waals surface area contributed by atoms with E-state index < -0.39 is 0 Å². The summed E-state index contributed by atoms with van der Waals surface area (Å²) in [5, 5.41) is 2.17. The van der Waals surface area contributed by atoms with Crippen molar-refractivity contribution in [1.82, 2.24) is 9.97 Å². The van der Waals surface area contributed by atoms with Gasteiger partial charge in [0, 0.05) is 10.8 Å². The topological polar surface area (TPSA) is 37.9 Å². The van der Waals surface area contributed by atoms with E-state index in [1.165, 1.54) is 0 Å². The molecule has 3 aromatic rings. The fourth-order valence-electron chi connectivity index (χ4n) is 2.56. The molecule has 0 saturated carbocycles. The number of aryl methyl sites for hydroxylation is 1. The van der Waals surface area contributed by atoms with Crippen LogP contribution >= 0.6 is 0 Å². The lowest BCUT2D eigenvalue weighted by Crippen LogP contribution is -2.05. The summed E-state index contributed by atoms with van der Waals surface area (Å²) < 4.78 is 5.93. The van der Waals surface area contributed by atoms with E-state index >= 15 is 0 Å². The van der Waals surface area contributed by atoms with Gasteiger partial charge >= 0.3 is 0 Å². The average Bonchev–Trinajstić information content (AvgIpc) is 2.79. The number of pyridine rings is 1. The Morgan fingerprint density at radius 3 is 2.75 bits per heavy atom. The molecule has 20 heavy (non-hydrogen) atoms. The molecule has 1 aromatic carbocycles. The summed E-state index contributed by atoms with van der Waals surface area (Å²) in [6.45, 7) is 6.05. The molecule has 0 spiro atoms. The highest BCUT2D eigenvalue weighted by atomic mass is 16.5. The monoisotopic (exact) mass is 264 g/mol. The Balaban J connectivity index is 2.43. The smallest absolute Gasteiger partial charge is 0.129 e. The molecule has 0 saturated heterocycles. The molecule has 3 rings (SSSR count). The van der Waals surface area contributed by atoms with E-state index in [4.69, 9.17) is 11.2 Å². The van der Waals surface area contributed by atoms with Gasteiger partial charge in [-0.05, 0) is 44.4 Å². The molecule has 0 amide bonds. The molecular weight excluding hydrogens is 248 g/mol. The molecule has 0 atom stereocenters. The van der Waals surface area contributed by atoms with Crippen molar-refractivity contribution in [2.75, 3.05) is 0 Å². The summed E-state index contributed by atoms with van der Waals surface area (Å²) >= 11 is 0. The van der Waals surface area contributed by atoms with Gasteiger partial charge in [0.05, 0.1) is 23.3 Å². The summed E-state index contributed by atoms with van der Waals surface area (Å²) in [6.07, 6.45) is 7.43. The molecule has 2 heterocycles. The number of H-pyrrole nitrogens is 1. The first-order chi connectivity index (χ1) is 9.61. The zero-order valence-corrected chi connectivity index (χ0v) is 11.8. The minimum absolute atomic E-state index is 0.125. The van der Waals surface area contributed by atoms with Crippen LogP contribution in [0.3, 0.4) is 0 Å². The van der Waals surface area contributed by atoms with E-state index in [0.29, 0.717) is 5.69 Å². The fraction of sp³-hybridized carbons (Fsp3) is 0.235. The number of nitrogens with one attached hydrogen (secondary N) is 1. The van der Waals surface area contributed by atoms with Gasteiger partial charge in [0.2, 0.25) is 0 Å². The molecule has 3 nitrogen and oxygen atoms in total. The molecule has 2 aromatic heterocycles. The molecule has 1 N–H and O–H groups in total. The Kier molecular flexibility index (Phi) is 2.87. The highest BCUT2D eigenvalue weighted by Gasteiger charge is 2.14. The maximum Gasteiger partial charge on any atom is 0.129 e. The zero-order valence-electron chi connectivity index (χ0n) is 11.8. The Morgan fingerprint density at radius 1 is 1.25 bits per heavy atom. The standard InChI is InChI=1S/C17H16N2O/c1-5-12-11(4)16-14(9-18-12)19-13-7-6-8-15(17(13)16)20-10(2)3/h1,6-10,19H,2-4H3. The average molecular weight is 264 g/mol. The number of terminal acetylenes is 1. The van der Waals surface area contributed by atoms with Crippen LogP contribution in [0.2, 0.25) is 0 Å². The lowest BCUT2D eigenvalue weighted by Gasteiger charge is -2.11. The Bertz CT molecular complexity index is 837. The highest BCUT2D eigenvalue weighted by Crippen LogP contribution is 2.35. The minimum Gasteiger partial charge on any atom is -0.490 e. The van der Waals surface area contributed by atoms with Crippen LogP contribution in [0.25, 0.3) is 21.8 Å². The van der Waals surface area contributed by atoms with Crippen molar-refractivity contribution in [3.05, 3.63) is 35.7 Å². The number of benzene rings is 1. The van der Waals surface area contributed by atoms with E-state index in [0.717, 1.165) is 33.1 Å². The van der Waals surface area contributed by atoms with Gasteiger partial charge in [-0.3, -0.25) is 0 Å². The van der Waals surface area contributed by atoms with Crippen molar-refractivity contribution in [3.63, 3.8) is 0 Å². The zero-order chi connectivity index (χ0) is 14.3. The molecular formula is C17H16N2O. The van der Waals surface area contributed by atoms with Crippen LogP contribution in [0.4, 0.5) is 0 Å². The number of aromatic amines is 1. The number of fused-ring (bicyclic) bond motifs is 3. The second kappa shape index (κ2) is 4.57. The minimum atomic E-state index is 0.125. The molecule has 3 heteroatoms. The van der Waals surface area contributed by atoms with Crippen molar-refractivity contribution in [1.29, 1.82) is 0 Å². The maximum absolute atomic E-state index is 5.93. The number of ether oxygens (including phenoxy) is 1. The van der Waals surface area contributed by atoms with Crippen molar-refractivity contribution in [2.24, 2.45) is 0 Å². The molecule has 0 unspecified atom stereocenters. The van der Waals surface area contributed by atoms with Gasteiger partial charge in [0.15, 0.2) is 0 Å². The van der Waals surface area contributed by atoms with E-state index in [9.17, 15) is 0 Å². The van der Waals surface area contributed by atoms with Gasteiger partial charge in [-0.1, -0.05) is 6.07 Å². The lowest BCUT2D eigenvalue weighted by molar-refractivity contribution is 0.245. The second-order valence-corrected chi connectivity index (χ2v) is 5.14. The molecule has 0 radical (unpaired) electrons. The number of nitrogens with zero attached hydrogens (tertiary/aromatic N) is 1. The predicted octanol–water partition coefficient (Wildman–Crippen LogP) is 3.79. The number of rotatable bonds is 2. The quantitative estimate of drug-likeness (QED) is 0.715. The van der Waals surface area contributed by atoms with Crippen LogP contribution in [0.1, 0.15) is 25.1 Å². The lowest BCUT2D eigenvalue weighted by atomic mass is 10.1. The third kappa shape index (κ3) is 1.81. The molecule has 100 valence electrons. The largest absolute Gasteiger partial charge is 0.490 e. The van der Waals surface area contributed by atoms with E-state index in [2.05, 4.69) is 15.9 Å². The van der Waals surface area contributed by atoms with Gasteiger partial charge < -0.3 is 9.72 Å². The SMILES string of the molecule is C#Cc1ncc2[nH]c3cccc(OC(C)C)c3c2c1C. The normalized spacial score (nSPS) is 11.2. The van der Waals surface area contributed by atoms with Crippen LogP contribution in [-0.4, -0.2) is 16.1 Å². The summed E-state index contributed by atoms with van der Waals surface area (Å²) in [5.41, 5.74) is 3.71. The summed E-state index contributed by atoms with van der Waals surface area (Å²) in [7, 11) is 0. The van der Waals surface area contributed by atoms with Crippen molar-refractivity contribution in [2.45, 2.75) is 26.9 Å². The van der Waals surface area contributed by atoms with Crippen molar-refractivity contribution in [3.8, 4) is 18.1 Å². The number of hydrogen-bond acceptors (Lipinski definition) is 2. The van der Waals surface area contributed by atoms with Gasteiger partial charge in [0.1, 0.15) is 11.4 Å². The summed E-state index contributed by atoms with van der Waals surface area (Å²) in [4.78, 5) is 7.68. The van der Waals surface area contributed by atoms with Crippen LogP contribution in [0.15, 0.2) is 24.4 Å². The molecule has 0 aliphatic heterocycles. The molecule has 0 aliphatic rings. The molecule has 0 bridgehead atoms. The van der Waals surface area contributed by atoms with Gasteiger partial charge in [-0.25, -0.2) is 4.98 Å². The van der Waals surface area contributed by atoms with E-state index in [1.54, 1.807) is 6.20 Å². The highest BCUT2D eigenvalue weighted by molar-refractivity contribution is 6.12. The van der Waals surface area contributed by atoms with Crippen molar-refractivity contribution < 1.29 is 4.74 Å². The van der Waals surface area contributed by atoms with Gasteiger partial charge in [0.25, 0.3) is 0 Å². The predicted molar refractivity (Wildman–Crippen MR) is 82.0 cm³/mol. The van der Waals surface area contributed by atoms with Gasteiger partial charge in [-0.15, -0.1) is 6.42 Å². The third-order valence-electron chi connectivity index (χ3n) is 3.37. The van der Waals surface area contributed by atoms with Crippen LogP contribution in [0.5, 0.6) is 5.75 Å². The van der Waals surface area contributed by atoms with Crippen LogP contribution in [-0.2, 0) is 0 Å². The first-order valence-electron chi connectivity index (χ1n) is 6.65. The van der Waals surface area contributed by atoms with Crippen LogP contribution < -0.4 is 4.74 Å². The Morgan fingerprint density at radius 2 is 2.05 bits per heavy atom. The van der Waals surface area contributed by atoms with E-state index in [1.807, 2.05) is 39.0 Å². The first kappa shape index (κ1) is 12.6.